The number of fused-ring (bicyclic) bond motifs is 2. The Kier molecular flexibility index (Phi) is 3.45. The van der Waals surface area contributed by atoms with Crippen molar-refractivity contribution in [3.05, 3.63) is 36.7 Å². The van der Waals surface area contributed by atoms with Gasteiger partial charge in [0.2, 0.25) is 0 Å². The lowest BCUT2D eigenvalue weighted by atomic mass is 10.1. The van der Waals surface area contributed by atoms with Crippen molar-refractivity contribution in [2.75, 3.05) is 18.0 Å². The lowest BCUT2D eigenvalue weighted by molar-refractivity contribution is 0.573. The third-order valence-corrected chi connectivity index (χ3v) is 6.04. The van der Waals surface area contributed by atoms with Crippen LogP contribution in [0.25, 0.3) is 27.8 Å². The predicted octanol–water partition coefficient (Wildman–Crippen LogP) is 3.77. The van der Waals surface area contributed by atoms with Crippen LogP contribution < -0.4 is 4.90 Å². The van der Waals surface area contributed by atoms with Gasteiger partial charge in [0.1, 0.15) is 17.7 Å². The number of hydrogen-bond donors (Lipinski definition) is 0. The number of aromatic nitrogens is 6. The second-order valence-electron chi connectivity index (χ2n) is 7.98. The number of rotatable bonds is 3. The Morgan fingerprint density at radius 1 is 1.07 bits per heavy atom. The third-order valence-electron chi connectivity index (χ3n) is 6.04. The fourth-order valence-corrected chi connectivity index (χ4v) is 4.54. The quantitative estimate of drug-likeness (QED) is 0.547. The largest absolute Gasteiger partial charge is 0.355 e. The number of hydrogen-bond acceptors (Lipinski definition) is 5. The van der Waals surface area contributed by atoms with Gasteiger partial charge in [0, 0.05) is 42.7 Å². The minimum absolute atomic E-state index is 0.583. The SMILES string of the molecule is Cc1nc2ncc(-c3ccn4ncnc(N5CCCCC5)c34)cc2n1C1CC1. The van der Waals surface area contributed by atoms with E-state index in [9.17, 15) is 0 Å². The molecule has 7 heteroatoms. The summed E-state index contributed by atoms with van der Waals surface area (Å²) in [5.74, 6) is 2.09. The molecule has 0 spiro atoms. The highest BCUT2D eigenvalue weighted by Crippen LogP contribution is 2.39. The van der Waals surface area contributed by atoms with E-state index < -0.39 is 0 Å². The summed E-state index contributed by atoms with van der Waals surface area (Å²) in [4.78, 5) is 16.4. The van der Waals surface area contributed by atoms with E-state index in [1.807, 2.05) is 16.9 Å². The molecule has 1 aliphatic heterocycles. The van der Waals surface area contributed by atoms with Crippen LogP contribution >= 0.6 is 0 Å². The lowest BCUT2D eigenvalue weighted by Crippen LogP contribution is -2.30. The van der Waals surface area contributed by atoms with E-state index in [1.54, 1.807) is 6.33 Å². The molecule has 0 N–H and O–H groups in total. The molecule has 142 valence electrons. The Morgan fingerprint density at radius 2 is 1.93 bits per heavy atom. The number of nitrogens with zero attached hydrogens (tertiary/aromatic N) is 7. The zero-order chi connectivity index (χ0) is 18.7. The topological polar surface area (TPSA) is 64.1 Å². The first-order valence-electron chi connectivity index (χ1n) is 10.2. The molecule has 0 radical (unpaired) electrons. The van der Waals surface area contributed by atoms with Gasteiger partial charge in [-0.1, -0.05) is 0 Å². The molecule has 4 aromatic heterocycles. The van der Waals surface area contributed by atoms with Crippen LogP contribution in [0.15, 0.2) is 30.9 Å². The van der Waals surface area contributed by atoms with Crippen molar-refractivity contribution in [3.8, 4) is 11.1 Å². The lowest BCUT2D eigenvalue weighted by Gasteiger charge is -2.28. The predicted molar refractivity (Wildman–Crippen MR) is 109 cm³/mol. The molecule has 28 heavy (non-hydrogen) atoms. The number of piperidine rings is 1. The highest BCUT2D eigenvalue weighted by atomic mass is 15.3. The van der Waals surface area contributed by atoms with Gasteiger partial charge in [-0.3, -0.25) is 0 Å². The van der Waals surface area contributed by atoms with Crippen molar-refractivity contribution >= 4 is 22.5 Å². The Bertz CT molecular complexity index is 1180. The Morgan fingerprint density at radius 3 is 2.75 bits per heavy atom. The number of aryl methyl sites for hydroxylation is 1. The van der Waals surface area contributed by atoms with Gasteiger partial charge in [-0.25, -0.2) is 19.5 Å². The fourth-order valence-electron chi connectivity index (χ4n) is 4.54. The maximum absolute atomic E-state index is 4.68. The monoisotopic (exact) mass is 373 g/mol. The first kappa shape index (κ1) is 16.0. The van der Waals surface area contributed by atoms with Crippen LogP contribution in [-0.4, -0.2) is 42.2 Å². The van der Waals surface area contributed by atoms with Gasteiger partial charge in [0.25, 0.3) is 0 Å². The van der Waals surface area contributed by atoms with Crippen LogP contribution in [0.4, 0.5) is 5.82 Å². The molecule has 2 fully saturated rings. The molecule has 0 amide bonds. The summed E-state index contributed by atoms with van der Waals surface area (Å²) in [5, 5.41) is 4.45. The van der Waals surface area contributed by atoms with E-state index in [0.717, 1.165) is 52.5 Å². The Labute approximate surface area is 163 Å². The summed E-state index contributed by atoms with van der Waals surface area (Å²) < 4.78 is 4.30. The van der Waals surface area contributed by atoms with Crippen LogP contribution in [0.2, 0.25) is 0 Å². The first-order valence-corrected chi connectivity index (χ1v) is 10.2. The van der Waals surface area contributed by atoms with E-state index in [2.05, 4.69) is 48.6 Å². The van der Waals surface area contributed by atoms with E-state index in [0.29, 0.717) is 6.04 Å². The zero-order valence-electron chi connectivity index (χ0n) is 16.0. The Hall–Kier alpha value is -2.96. The van der Waals surface area contributed by atoms with Crippen molar-refractivity contribution in [3.63, 3.8) is 0 Å². The highest BCUT2D eigenvalue weighted by molar-refractivity contribution is 5.91. The zero-order valence-corrected chi connectivity index (χ0v) is 16.0. The second kappa shape index (κ2) is 6.02. The molecule has 4 aromatic rings. The standard InChI is InChI=1S/C21H23N7/c1-14-25-20-18(28(14)16-5-6-16)11-15(12-22-20)17-7-10-27-19(17)21(23-13-24-27)26-8-3-2-4-9-26/h7,10-13,16H,2-6,8-9H2,1H3. The maximum Gasteiger partial charge on any atom is 0.177 e. The van der Waals surface area contributed by atoms with Crippen LogP contribution in [0.3, 0.4) is 0 Å². The molecule has 5 heterocycles. The molecule has 2 aliphatic rings. The molecule has 1 aliphatic carbocycles. The van der Waals surface area contributed by atoms with Crippen LogP contribution in [0.1, 0.15) is 44.0 Å². The molecule has 6 rings (SSSR count). The van der Waals surface area contributed by atoms with Gasteiger partial charge < -0.3 is 9.47 Å². The molecular weight excluding hydrogens is 350 g/mol. The van der Waals surface area contributed by atoms with Crippen molar-refractivity contribution in [1.82, 2.24) is 29.1 Å². The molecule has 1 saturated carbocycles. The highest BCUT2D eigenvalue weighted by Gasteiger charge is 2.28. The molecule has 0 atom stereocenters. The summed E-state index contributed by atoms with van der Waals surface area (Å²) in [6, 6.07) is 4.95. The van der Waals surface area contributed by atoms with E-state index in [4.69, 9.17) is 0 Å². The van der Waals surface area contributed by atoms with Gasteiger partial charge in [0.05, 0.1) is 5.52 Å². The average molecular weight is 373 g/mol. The maximum atomic E-state index is 4.68. The summed E-state index contributed by atoms with van der Waals surface area (Å²) >= 11 is 0. The van der Waals surface area contributed by atoms with Crippen molar-refractivity contribution in [2.24, 2.45) is 0 Å². The second-order valence-corrected chi connectivity index (χ2v) is 7.98. The fraction of sp³-hybridized carbons (Fsp3) is 0.429. The molecular formula is C21H23N7. The van der Waals surface area contributed by atoms with Gasteiger partial charge in [-0.15, -0.1) is 0 Å². The minimum Gasteiger partial charge on any atom is -0.355 e. The molecule has 0 aromatic carbocycles. The molecule has 1 saturated heterocycles. The summed E-state index contributed by atoms with van der Waals surface area (Å²) in [6.07, 6.45) is 11.8. The van der Waals surface area contributed by atoms with E-state index >= 15 is 0 Å². The molecule has 7 nitrogen and oxygen atoms in total. The third kappa shape index (κ3) is 2.42. The van der Waals surface area contributed by atoms with Gasteiger partial charge in [0.15, 0.2) is 11.5 Å². The van der Waals surface area contributed by atoms with Crippen molar-refractivity contribution < 1.29 is 0 Å². The van der Waals surface area contributed by atoms with Crippen LogP contribution in [0, 0.1) is 6.92 Å². The van der Waals surface area contributed by atoms with Gasteiger partial charge in [-0.2, -0.15) is 5.10 Å². The van der Waals surface area contributed by atoms with Gasteiger partial charge in [-0.05, 0) is 51.2 Å². The number of pyridine rings is 1. The van der Waals surface area contributed by atoms with Crippen molar-refractivity contribution in [2.45, 2.75) is 45.1 Å². The summed E-state index contributed by atoms with van der Waals surface area (Å²) in [5.41, 5.74) is 5.28. The average Bonchev–Trinajstić information content (AvgIpc) is 3.37. The smallest absolute Gasteiger partial charge is 0.177 e. The number of imidazole rings is 1. The first-order chi connectivity index (χ1) is 13.8. The van der Waals surface area contributed by atoms with Gasteiger partial charge >= 0.3 is 0 Å². The minimum atomic E-state index is 0.583. The van der Waals surface area contributed by atoms with E-state index in [1.165, 1.54) is 32.1 Å². The summed E-state index contributed by atoms with van der Waals surface area (Å²) in [6.45, 7) is 4.19. The molecule has 0 unspecified atom stereocenters. The van der Waals surface area contributed by atoms with Crippen molar-refractivity contribution in [1.29, 1.82) is 0 Å². The van der Waals surface area contributed by atoms with E-state index in [-0.39, 0.29) is 0 Å². The van der Waals surface area contributed by atoms with Crippen LogP contribution in [0.5, 0.6) is 0 Å². The number of anilines is 1. The molecule has 0 bridgehead atoms. The summed E-state index contributed by atoms with van der Waals surface area (Å²) in [7, 11) is 0. The Balaban J connectivity index is 1.53. The normalized spacial score (nSPS) is 17.7. The van der Waals surface area contributed by atoms with Crippen LogP contribution in [-0.2, 0) is 0 Å².